The summed E-state index contributed by atoms with van der Waals surface area (Å²) in [5, 5.41) is 4.47. The largest absolute Gasteiger partial charge is 0.354 e. The van der Waals surface area contributed by atoms with Gasteiger partial charge in [0.2, 0.25) is 5.13 Å². The number of halogens is 1. The van der Waals surface area contributed by atoms with E-state index in [1.165, 1.54) is 24.4 Å². The molecule has 1 heterocycles. The Morgan fingerprint density at radius 3 is 3.00 bits per heavy atom. The van der Waals surface area contributed by atoms with E-state index in [0.29, 0.717) is 5.88 Å². The Hall–Kier alpha value is -0.350. The van der Waals surface area contributed by atoms with Crippen molar-refractivity contribution >= 4 is 28.3 Å². The second kappa shape index (κ2) is 5.53. The molecule has 2 unspecified atom stereocenters. The predicted octanol–water partition coefficient (Wildman–Crippen LogP) is 3.70. The van der Waals surface area contributed by atoms with E-state index < -0.39 is 0 Å². The van der Waals surface area contributed by atoms with Gasteiger partial charge in [0, 0.05) is 23.8 Å². The summed E-state index contributed by atoms with van der Waals surface area (Å²) in [6.45, 7) is 4.38. The second-order valence-corrected chi connectivity index (χ2v) is 6.13. The zero-order valence-electron chi connectivity index (χ0n) is 10.5. The first-order valence-electron chi connectivity index (χ1n) is 6.34. The lowest BCUT2D eigenvalue weighted by Gasteiger charge is -2.39. The van der Waals surface area contributed by atoms with E-state index in [-0.39, 0.29) is 5.54 Å². The van der Waals surface area contributed by atoms with Gasteiger partial charge in [-0.2, -0.15) is 4.37 Å². The molecule has 1 saturated carbocycles. The second-order valence-electron chi connectivity index (χ2n) is 5.11. The fourth-order valence-corrected chi connectivity index (χ4v) is 3.68. The van der Waals surface area contributed by atoms with Gasteiger partial charge in [-0.3, -0.25) is 0 Å². The summed E-state index contributed by atoms with van der Waals surface area (Å²) in [5.41, 5.74) is 0.0315. The average Bonchev–Trinajstić information content (AvgIpc) is 2.76. The molecule has 3 nitrogen and oxygen atoms in total. The molecule has 0 aliphatic heterocycles. The van der Waals surface area contributed by atoms with E-state index in [0.717, 1.165) is 36.1 Å². The van der Waals surface area contributed by atoms with E-state index in [1.54, 1.807) is 0 Å². The Morgan fingerprint density at radius 1 is 1.59 bits per heavy atom. The van der Waals surface area contributed by atoms with Gasteiger partial charge in [-0.05, 0) is 18.8 Å². The molecule has 1 aliphatic rings. The molecule has 96 valence electrons. The first-order valence-corrected chi connectivity index (χ1v) is 7.65. The molecule has 0 spiro atoms. The van der Waals surface area contributed by atoms with Crippen LogP contribution in [0.25, 0.3) is 0 Å². The topological polar surface area (TPSA) is 37.8 Å². The van der Waals surface area contributed by atoms with E-state index in [9.17, 15) is 0 Å². The summed E-state index contributed by atoms with van der Waals surface area (Å²) in [6, 6.07) is 0. The monoisotopic (exact) mass is 273 g/mol. The minimum absolute atomic E-state index is 0.0315. The van der Waals surface area contributed by atoms with Gasteiger partial charge < -0.3 is 5.32 Å². The lowest BCUT2D eigenvalue weighted by atomic mass is 9.77. The van der Waals surface area contributed by atoms with Crippen molar-refractivity contribution in [3.8, 4) is 0 Å². The summed E-state index contributed by atoms with van der Waals surface area (Å²) in [6.07, 6.45) is 5.73. The van der Waals surface area contributed by atoms with E-state index in [2.05, 4.69) is 28.5 Å². The van der Waals surface area contributed by atoms with Crippen molar-refractivity contribution in [1.29, 1.82) is 0 Å². The van der Waals surface area contributed by atoms with Gasteiger partial charge in [0.25, 0.3) is 0 Å². The van der Waals surface area contributed by atoms with Crippen LogP contribution in [0.4, 0.5) is 5.13 Å². The SMILES string of the molecule is CCc1nsc(NC2(CCl)CCCC(C)C2)n1. The van der Waals surface area contributed by atoms with E-state index in [1.807, 2.05) is 0 Å². The number of rotatable bonds is 4. The molecule has 0 saturated heterocycles. The molecule has 1 N–H and O–H groups in total. The van der Waals surface area contributed by atoms with Crippen LogP contribution in [-0.4, -0.2) is 20.8 Å². The highest BCUT2D eigenvalue weighted by molar-refractivity contribution is 7.09. The number of anilines is 1. The highest BCUT2D eigenvalue weighted by Gasteiger charge is 2.34. The van der Waals surface area contributed by atoms with Crippen LogP contribution in [0, 0.1) is 5.92 Å². The third kappa shape index (κ3) is 3.10. The van der Waals surface area contributed by atoms with Crippen LogP contribution in [0.1, 0.15) is 45.4 Å². The number of aryl methyl sites for hydroxylation is 1. The van der Waals surface area contributed by atoms with Crippen molar-refractivity contribution in [2.24, 2.45) is 5.92 Å². The zero-order chi connectivity index (χ0) is 12.3. The molecule has 1 fully saturated rings. The maximum Gasteiger partial charge on any atom is 0.203 e. The Balaban J connectivity index is 2.07. The van der Waals surface area contributed by atoms with Crippen LogP contribution in [0.5, 0.6) is 0 Å². The lowest BCUT2D eigenvalue weighted by Crippen LogP contribution is -2.44. The Bertz CT molecular complexity index is 368. The van der Waals surface area contributed by atoms with Crippen molar-refractivity contribution in [2.75, 3.05) is 11.2 Å². The molecule has 1 aromatic heterocycles. The fraction of sp³-hybridized carbons (Fsp3) is 0.833. The van der Waals surface area contributed by atoms with E-state index >= 15 is 0 Å². The molecule has 0 amide bonds. The summed E-state index contributed by atoms with van der Waals surface area (Å²) in [4.78, 5) is 4.48. The molecule has 2 atom stereocenters. The number of nitrogens with zero attached hydrogens (tertiary/aromatic N) is 2. The quantitative estimate of drug-likeness (QED) is 0.850. The van der Waals surface area contributed by atoms with Crippen LogP contribution in [0.15, 0.2) is 0 Å². The first-order chi connectivity index (χ1) is 8.17. The Kier molecular flexibility index (Phi) is 4.26. The van der Waals surface area contributed by atoms with Crippen LogP contribution < -0.4 is 5.32 Å². The number of hydrogen-bond acceptors (Lipinski definition) is 4. The normalized spacial score (nSPS) is 29.2. The Labute approximate surface area is 112 Å². The molecular formula is C12H20ClN3S. The third-order valence-electron chi connectivity index (χ3n) is 3.50. The highest BCUT2D eigenvalue weighted by atomic mass is 35.5. The molecule has 0 aromatic carbocycles. The summed E-state index contributed by atoms with van der Waals surface area (Å²) < 4.78 is 4.31. The third-order valence-corrected chi connectivity index (χ3v) is 4.68. The van der Waals surface area contributed by atoms with Crippen molar-refractivity contribution in [1.82, 2.24) is 9.36 Å². The van der Waals surface area contributed by atoms with Crippen LogP contribution in [-0.2, 0) is 6.42 Å². The lowest BCUT2D eigenvalue weighted by molar-refractivity contribution is 0.279. The molecule has 0 radical (unpaired) electrons. The van der Waals surface area contributed by atoms with Crippen LogP contribution >= 0.6 is 23.1 Å². The van der Waals surface area contributed by atoms with Gasteiger partial charge >= 0.3 is 0 Å². The van der Waals surface area contributed by atoms with Gasteiger partial charge in [0.05, 0.1) is 5.54 Å². The molecule has 0 bridgehead atoms. The van der Waals surface area contributed by atoms with Gasteiger partial charge in [-0.25, -0.2) is 4.98 Å². The predicted molar refractivity (Wildman–Crippen MR) is 74.0 cm³/mol. The fourth-order valence-electron chi connectivity index (χ4n) is 2.60. The maximum atomic E-state index is 6.19. The number of alkyl halides is 1. The number of aromatic nitrogens is 2. The molecule has 5 heteroatoms. The first kappa shape index (κ1) is 13.1. The average molecular weight is 274 g/mol. The molecular weight excluding hydrogens is 254 g/mol. The number of hydrogen-bond donors (Lipinski definition) is 1. The minimum atomic E-state index is 0.0315. The Morgan fingerprint density at radius 2 is 2.41 bits per heavy atom. The zero-order valence-corrected chi connectivity index (χ0v) is 12.1. The summed E-state index contributed by atoms with van der Waals surface area (Å²) in [5.74, 6) is 2.32. The van der Waals surface area contributed by atoms with Gasteiger partial charge in [0.15, 0.2) is 0 Å². The maximum absolute atomic E-state index is 6.19. The van der Waals surface area contributed by atoms with Crippen molar-refractivity contribution in [3.63, 3.8) is 0 Å². The van der Waals surface area contributed by atoms with Gasteiger partial charge in [-0.15, -0.1) is 11.6 Å². The molecule has 1 aliphatic carbocycles. The highest BCUT2D eigenvalue weighted by Crippen LogP contribution is 2.36. The summed E-state index contributed by atoms with van der Waals surface area (Å²) >= 11 is 7.64. The van der Waals surface area contributed by atoms with Crippen molar-refractivity contribution in [2.45, 2.75) is 51.5 Å². The molecule has 17 heavy (non-hydrogen) atoms. The van der Waals surface area contributed by atoms with Crippen molar-refractivity contribution in [3.05, 3.63) is 5.82 Å². The summed E-state index contributed by atoms with van der Waals surface area (Å²) in [7, 11) is 0. The number of nitrogens with one attached hydrogen (secondary N) is 1. The minimum Gasteiger partial charge on any atom is -0.354 e. The van der Waals surface area contributed by atoms with Crippen LogP contribution in [0.2, 0.25) is 0 Å². The van der Waals surface area contributed by atoms with Crippen molar-refractivity contribution < 1.29 is 0 Å². The molecule has 1 aromatic rings. The van der Waals surface area contributed by atoms with Crippen LogP contribution in [0.3, 0.4) is 0 Å². The van der Waals surface area contributed by atoms with E-state index in [4.69, 9.17) is 11.6 Å². The molecule has 2 rings (SSSR count). The smallest absolute Gasteiger partial charge is 0.203 e. The van der Waals surface area contributed by atoms with Gasteiger partial charge in [-0.1, -0.05) is 26.7 Å². The van der Waals surface area contributed by atoms with Gasteiger partial charge in [0.1, 0.15) is 5.82 Å². The standard InChI is InChI=1S/C12H20ClN3S/c1-3-10-14-11(17-16-10)15-12(8-13)6-4-5-9(2)7-12/h9H,3-8H2,1-2H3,(H,14,15,16).